The molecule has 0 N–H and O–H groups in total. The second-order valence-corrected chi connectivity index (χ2v) is 6.63. The van der Waals surface area contributed by atoms with Crippen molar-refractivity contribution in [2.75, 3.05) is 0 Å². The molecule has 33 heavy (non-hydrogen) atoms. The van der Waals surface area contributed by atoms with Crippen molar-refractivity contribution in [1.82, 2.24) is 0 Å². The van der Waals surface area contributed by atoms with Crippen LogP contribution in [0.2, 0.25) is 0 Å². The highest BCUT2D eigenvalue weighted by atomic mass is 32.1. The Balaban J connectivity index is 6.61. The fourth-order valence-electron chi connectivity index (χ4n) is 1.72. The minimum absolute atomic E-state index is 1.43. The first-order valence-electron chi connectivity index (χ1n) is 6.90. The lowest BCUT2D eigenvalue weighted by Gasteiger charge is -2.41. The second kappa shape index (κ2) is 7.69. The van der Waals surface area contributed by atoms with Crippen molar-refractivity contribution in [3.05, 3.63) is 0 Å². The van der Waals surface area contributed by atoms with Crippen LogP contribution in [0, 0.1) is 0 Å². The molecule has 0 aliphatic heterocycles. The maximum absolute atomic E-state index is 13.3. The molecule has 0 aromatic carbocycles. The number of alkyl halides is 21. The van der Waals surface area contributed by atoms with Crippen molar-refractivity contribution in [3.63, 3.8) is 0 Å². The molecule has 0 saturated heterocycles. The minimum Gasteiger partial charge on any atom is -0.199 e. The van der Waals surface area contributed by atoms with Gasteiger partial charge < -0.3 is 0 Å². The monoisotopic (exact) mass is 566 g/mol. The van der Waals surface area contributed by atoms with Gasteiger partial charge in [-0.3, -0.25) is 0 Å². The van der Waals surface area contributed by atoms with Gasteiger partial charge >= 0.3 is 58.8 Å². The molecular formula is C11H3F21S. The lowest BCUT2D eigenvalue weighted by molar-refractivity contribution is -0.444. The largest absolute Gasteiger partial charge is 0.460 e. The molecule has 0 bridgehead atoms. The molecule has 0 aliphatic carbocycles. The molecule has 200 valence electrons. The van der Waals surface area contributed by atoms with Crippen LogP contribution in [0.4, 0.5) is 92.2 Å². The summed E-state index contributed by atoms with van der Waals surface area (Å²) in [5, 5.41) is -6.55. The van der Waals surface area contributed by atoms with Crippen molar-refractivity contribution in [2.45, 2.75) is 65.2 Å². The zero-order valence-corrected chi connectivity index (χ0v) is 15.0. The topological polar surface area (TPSA) is 0 Å². The summed E-state index contributed by atoms with van der Waals surface area (Å²) in [6.07, 6.45) is -13.0. The Labute approximate surface area is 171 Å². The summed E-state index contributed by atoms with van der Waals surface area (Å²) in [4.78, 5) is 0. The fraction of sp³-hybridized carbons (Fsp3) is 1.00. The van der Waals surface area contributed by atoms with E-state index in [4.69, 9.17) is 0 Å². The summed E-state index contributed by atoms with van der Waals surface area (Å²) in [7, 11) is 0. The van der Waals surface area contributed by atoms with Crippen LogP contribution >= 0.6 is 12.6 Å². The summed E-state index contributed by atoms with van der Waals surface area (Å²) >= 11 is 1.43. The van der Waals surface area contributed by atoms with Crippen molar-refractivity contribution in [3.8, 4) is 0 Å². The van der Waals surface area contributed by atoms with Crippen LogP contribution in [0.5, 0.6) is 0 Å². The van der Waals surface area contributed by atoms with Gasteiger partial charge in [-0.05, 0) is 0 Å². The molecule has 0 unspecified atom stereocenters. The predicted octanol–water partition coefficient (Wildman–Crippen LogP) is 7.54. The van der Waals surface area contributed by atoms with E-state index in [9.17, 15) is 92.2 Å². The molecule has 0 atom stereocenters. The van der Waals surface area contributed by atoms with Gasteiger partial charge in [0.2, 0.25) is 0 Å². The van der Waals surface area contributed by atoms with Crippen molar-refractivity contribution < 1.29 is 92.2 Å². The summed E-state index contributed by atoms with van der Waals surface area (Å²) in [6, 6.07) is 0. The summed E-state index contributed by atoms with van der Waals surface area (Å²) in [6.45, 7) is 0. The summed E-state index contributed by atoms with van der Waals surface area (Å²) in [5.74, 6) is -65.1. The molecule has 0 saturated carbocycles. The van der Waals surface area contributed by atoms with Crippen molar-refractivity contribution in [1.29, 1.82) is 0 Å². The van der Waals surface area contributed by atoms with Crippen LogP contribution in [0.25, 0.3) is 0 Å². The van der Waals surface area contributed by atoms with Crippen LogP contribution in [0.1, 0.15) is 6.42 Å². The fourth-order valence-corrected chi connectivity index (χ4v) is 1.86. The molecule has 0 fully saturated rings. The van der Waals surface area contributed by atoms with Gasteiger partial charge in [-0.25, -0.2) is 0 Å². The zero-order valence-electron chi connectivity index (χ0n) is 14.1. The maximum Gasteiger partial charge on any atom is 0.460 e. The Hall–Kier alpha value is -1.12. The molecule has 22 heteroatoms. The van der Waals surface area contributed by atoms with E-state index < -0.39 is 65.2 Å². The molecular weight excluding hydrogens is 563 g/mol. The molecule has 0 spiro atoms. The van der Waals surface area contributed by atoms with Gasteiger partial charge in [0.05, 0.1) is 6.42 Å². The summed E-state index contributed by atoms with van der Waals surface area (Å²) in [5.41, 5.74) is 0. The smallest absolute Gasteiger partial charge is 0.199 e. The van der Waals surface area contributed by atoms with Gasteiger partial charge in [-0.15, -0.1) is 0 Å². The Bertz CT molecular complexity index is 709. The standard InChI is InChI=1S/C11H3F21S/c12-2(13,1-3(14,15)5(18,19)9(26,27)11(31,32)33)4(16,17)6(20,21)7(22,23)8(24,25)10(28,29)30/h33H,1H2. The third kappa shape index (κ3) is 4.36. The van der Waals surface area contributed by atoms with E-state index in [1.54, 1.807) is 0 Å². The molecule has 0 aliphatic rings. The van der Waals surface area contributed by atoms with Gasteiger partial charge in [0, 0.05) is 0 Å². The molecule has 0 nitrogen and oxygen atoms in total. The number of halogens is 21. The Morgan fingerprint density at radius 2 is 0.576 bits per heavy atom. The van der Waals surface area contributed by atoms with E-state index in [1.165, 1.54) is 12.6 Å². The average molecular weight is 566 g/mol. The molecule has 0 aromatic heterocycles. The van der Waals surface area contributed by atoms with Crippen LogP contribution in [0.15, 0.2) is 0 Å². The van der Waals surface area contributed by atoms with Crippen LogP contribution in [-0.4, -0.2) is 58.8 Å². The first kappa shape index (κ1) is 31.9. The Kier molecular flexibility index (Phi) is 7.43. The van der Waals surface area contributed by atoms with Gasteiger partial charge in [-0.1, -0.05) is 12.6 Å². The summed E-state index contributed by atoms with van der Waals surface area (Å²) < 4.78 is 268. The second-order valence-electron chi connectivity index (χ2n) is 6.07. The molecule has 0 rings (SSSR count). The van der Waals surface area contributed by atoms with Crippen LogP contribution in [0.3, 0.4) is 0 Å². The van der Waals surface area contributed by atoms with E-state index in [0.717, 1.165) is 0 Å². The SMILES string of the molecule is FC(F)(F)C(F)(F)C(F)(F)C(F)(F)C(F)(F)C(F)(F)CC(F)(F)C(F)(F)C(F)(F)C(F)(F)S. The van der Waals surface area contributed by atoms with Crippen LogP contribution in [-0.2, 0) is 0 Å². The molecule has 0 amide bonds. The number of thiol groups is 1. The van der Waals surface area contributed by atoms with E-state index in [2.05, 4.69) is 0 Å². The van der Waals surface area contributed by atoms with Gasteiger partial charge in [0.25, 0.3) is 0 Å². The normalized spacial score (nSPS) is 16.9. The molecule has 0 radical (unpaired) electrons. The van der Waals surface area contributed by atoms with Gasteiger partial charge in [0.15, 0.2) is 0 Å². The highest BCUT2D eigenvalue weighted by Crippen LogP contribution is 2.63. The molecule has 0 heterocycles. The highest BCUT2D eigenvalue weighted by molar-refractivity contribution is 7.81. The third-order valence-electron chi connectivity index (χ3n) is 3.67. The van der Waals surface area contributed by atoms with E-state index in [0.29, 0.717) is 0 Å². The lowest BCUT2D eigenvalue weighted by atomic mass is 9.89. The number of rotatable bonds is 9. The van der Waals surface area contributed by atoms with Crippen LogP contribution < -0.4 is 0 Å². The first-order valence-corrected chi connectivity index (χ1v) is 7.35. The van der Waals surface area contributed by atoms with Crippen molar-refractivity contribution in [2.24, 2.45) is 0 Å². The molecule has 0 aromatic rings. The Morgan fingerprint density at radius 3 is 0.818 bits per heavy atom. The van der Waals surface area contributed by atoms with E-state index >= 15 is 0 Å². The van der Waals surface area contributed by atoms with Gasteiger partial charge in [0.1, 0.15) is 0 Å². The Morgan fingerprint density at radius 1 is 0.333 bits per heavy atom. The van der Waals surface area contributed by atoms with E-state index in [-0.39, 0.29) is 0 Å². The van der Waals surface area contributed by atoms with Gasteiger partial charge in [-0.2, -0.15) is 92.2 Å². The highest BCUT2D eigenvalue weighted by Gasteiger charge is 2.92. The first-order chi connectivity index (χ1) is 13.7. The predicted molar refractivity (Wildman–Crippen MR) is 64.2 cm³/mol. The third-order valence-corrected chi connectivity index (χ3v) is 3.95. The quantitative estimate of drug-likeness (QED) is 0.217. The number of hydrogen-bond acceptors (Lipinski definition) is 1. The minimum atomic E-state index is -8.69. The average Bonchev–Trinajstić information content (AvgIpc) is 2.50. The zero-order chi connectivity index (χ0) is 27.7. The van der Waals surface area contributed by atoms with Crippen molar-refractivity contribution >= 4 is 12.6 Å². The number of hydrogen-bond donors (Lipinski definition) is 1. The lowest BCUT2D eigenvalue weighted by Crippen LogP contribution is -2.71. The van der Waals surface area contributed by atoms with E-state index in [1.807, 2.05) is 0 Å². The maximum atomic E-state index is 13.3.